The zero-order valence-electron chi connectivity index (χ0n) is 17.8. The van der Waals surface area contributed by atoms with Crippen molar-refractivity contribution in [2.24, 2.45) is 23.7 Å². The van der Waals surface area contributed by atoms with Gasteiger partial charge in [-0.3, -0.25) is 4.79 Å². The lowest BCUT2D eigenvalue weighted by Gasteiger charge is -2.60. The molecule has 2 N–H and O–H groups in total. The smallest absolute Gasteiger partial charge is 0.251 e. The molecule has 164 valence electrons. The Labute approximate surface area is 177 Å². The molecule has 1 aliphatic carbocycles. The molecule has 7 nitrogen and oxygen atoms in total. The van der Waals surface area contributed by atoms with Crippen LogP contribution in [-0.4, -0.2) is 41.3 Å². The fraction of sp³-hybridized carbons (Fsp3) is 0.696. The minimum Gasteiger partial charge on any atom is -0.508 e. The standard InChI is InChI=1S/C23H31NO6/c1-13-4-9-18-14(2)19(12-24-20(26)15-5-7-16(25)8-6-15)27-21-23(18)17(13)10-11-22(3,28-21)29-30-23/h5-8,13-14,17-19,21,25H,4,9-12H2,1-3H3,(H,24,26)/t13-,14-,17+,18+,19-,21-,22-,23-/m1/s1. The summed E-state index contributed by atoms with van der Waals surface area (Å²) in [4.78, 5) is 24.5. The molecule has 1 aromatic carbocycles. The number of carbonyl (C=O) groups excluding carboxylic acids is 1. The van der Waals surface area contributed by atoms with Crippen molar-refractivity contribution < 1.29 is 29.1 Å². The number of phenolic OH excluding ortho intramolecular Hbond substituents is 1. The van der Waals surface area contributed by atoms with Crippen molar-refractivity contribution in [2.75, 3.05) is 6.54 Å². The van der Waals surface area contributed by atoms with Crippen molar-refractivity contribution in [3.05, 3.63) is 29.8 Å². The lowest BCUT2D eigenvalue weighted by Crippen LogP contribution is -2.71. The van der Waals surface area contributed by atoms with Crippen molar-refractivity contribution in [1.29, 1.82) is 0 Å². The number of nitrogens with one attached hydrogen (secondary N) is 1. The van der Waals surface area contributed by atoms with Crippen molar-refractivity contribution in [2.45, 2.75) is 70.2 Å². The van der Waals surface area contributed by atoms with Gasteiger partial charge in [0, 0.05) is 24.4 Å². The second-order valence-electron chi connectivity index (χ2n) is 9.70. The highest BCUT2D eigenvalue weighted by molar-refractivity contribution is 5.94. The molecule has 4 aliphatic heterocycles. The molecule has 1 saturated carbocycles. The van der Waals surface area contributed by atoms with E-state index >= 15 is 0 Å². The fourth-order valence-electron chi connectivity index (χ4n) is 6.12. The highest BCUT2D eigenvalue weighted by atomic mass is 17.3. The fourth-order valence-corrected chi connectivity index (χ4v) is 6.12. The SMILES string of the molecule is C[C@H]1[C@@H](CNC(=O)c2ccc(O)cc2)O[C@@H]2O[C@@]3(C)CC[C@H]4[C@H](C)CC[C@@H]1[C@@]24OO3. The Morgan fingerprint density at radius 3 is 2.67 bits per heavy atom. The third kappa shape index (κ3) is 3.06. The van der Waals surface area contributed by atoms with E-state index in [1.807, 2.05) is 6.92 Å². The second-order valence-corrected chi connectivity index (χ2v) is 9.70. The summed E-state index contributed by atoms with van der Waals surface area (Å²) in [5, 5.41) is 12.4. The summed E-state index contributed by atoms with van der Waals surface area (Å²) in [6.45, 7) is 6.79. The number of ether oxygens (including phenoxy) is 2. The summed E-state index contributed by atoms with van der Waals surface area (Å²) in [5.74, 6) is 0.451. The zero-order chi connectivity index (χ0) is 21.1. The largest absolute Gasteiger partial charge is 0.508 e. The Morgan fingerprint density at radius 1 is 1.13 bits per heavy atom. The third-order valence-corrected chi connectivity index (χ3v) is 7.89. The maximum atomic E-state index is 12.6. The van der Waals surface area contributed by atoms with Crippen molar-refractivity contribution in [1.82, 2.24) is 5.32 Å². The van der Waals surface area contributed by atoms with Gasteiger partial charge in [-0.15, -0.1) is 0 Å². The normalized spacial score (nSPS) is 44.8. The van der Waals surface area contributed by atoms with Crippen molar-refractivity contribution in [3.8, 4) is 5.75 Å². The van der Waals surface area contributed by atoms with Crippen molar-refractivity contribution in [3.63, 3.8) is 0 Å². The van der Waals surface area contributed by atoms with Crippen LogP contribution in [-0.2, 0) is 19.2 Å². The summed E-state index contributed by atoms with van der Waals surface area (Å²) in [7, 11) is 0. The van der Waals surface area contributed by atoms with E-state index in [1.165, 1.54) is 12.1 Å². The topological polar surface area (TPSA) is 86.3 Å². The lowest BCUT2D eigenvalue weighted by atomic mass is 9.57. The Hall–Kier alpha value is -1.67. The van der Waals surface area contributed by atoms with Gasteiger partial charge in [-0.2, -0.15) is 0 Å². The first-order valence-electron chi connectivity index (χ1n) is 11.1. The predicted octanol–water partition coefficient (Wildman–Crippen LogP) is 3.37. The maximum absolute atomic E-state index is 12.6. The van der Waals surface area contributed by atoms with Crippen LogP contribution in [0.25, 0.3) is 0 Å². The van der Waals surface area contributed by atoms with Crippen LogP contribution in [0.5, 0.6) is 5.75 Å². The molecule has 4 saturated heterocycles. The van der Waals surface area contributed by atoms with Crippen LogP contribution in [0.1, 0.15) is 56.8 Å². The van der Waals surface area contributed by atoms with E-state index in [2.05, 4.69) is 19.2 Å². The molecular formula is C23H31NO6. The number of hydrogen-bond acceptors (Lipinski definition) is 6. The van der Waals surface area contributed by atoms with E-state index in [0.29, 0.717) is 23.9 Å². The average Bonchev–Trinajstić information content (AvgIpc) is 2.96. The first-order valence-corrected chi connectivity index (χ1v) is 11.1. The number of aromatic hydroxyl groups is 1. The monoisotopic (exact) mass is 417 g/mol. The molecule has 0 unspecified atom stereocenters. The van der Waals surface area contributed by atoms with Gasteiger partial charge in [0.15, 0.2) is 11.9 Å². The first-order chi connectivity index (χ1) is 14.3. The molecule has 6 rings (SSSR count). The number of amides is 1. The summed E-state index contributed by atoms with van der Waals surface area (Å²) >= 11 is 0. The van der Waals surface area contributed by atoms with E-state index in [4.69, 9.17) is 19.2 Å². The van der Waals surface area contributed by atoms with E-state index in [0.717, 1.165) is 25.7 Å². The molecule has 0 radical (unpaired) electrons. The van der Waals surface area contributed by atoms with E-state index < -0.39 is 17.7 Å². The molecule has 5 fully saturated rings. The van der Waals surface area contributed by atoms with Crippen LogP contribution in [0.15, 0.2) is 24.3 Å². The van der Waals surface area contributed by atoms with Crippen LogP contribution in [0.4, 0.5) is 0 Å². The van der Waals surface area contributed by atoms with Crippen LogP contribution >= 0.6 is 0 Å². The van der Waals surface area contributed by atoms with Crippen LogP contribution in [0, 0.1) is 23.7 Å². The zero-order valence-corrected chi connectivity index (χ0v) is 17.8. The van der Waals surface area contributed by atoms with Gasteiger partial charge in [-0.05, 0) is 68.2 Å². The Balaban J connectivity index is 1.36. The quantitative estimate of drug-likeness (QED) is 0.734. The Kier molecular flexibility index (Phi) is 4.85. The van der Waals surface area contributed by atoms with Gasteiger partial charge < -0.3 is 19.9 Å². The molecule has 1 amide bonds. The third-order valence-electron chi connectivity index (χ3n) is 7.89. The van der Waals surface area contributed by atoms with Gasteiger partial charge in [-0.1, -0.05) is 13.8 Å². The molecule has 7 heteroatoms. The summed E-state index contributed by atoms with van der Waals surface area (Å²) in [5.41, 5.74) is -0.0711. The van der Waals surface area contributed by atoms with E-state index in [-0.39, 0.29) is 29.6 Å². The number of rotatable bonds is 3. The van der Waals surface area contributed by atoms with Gasteiger partial charge in [0.2, 0.25) is 5.79 Å². The second kappa shape index (κ2) is 7.19. The lowest BCUT2D eigenvalue weighted by molar-refractivity contribution is -0.570. The summed E-state index contributed by atoms with van der Waals surface area (Å²) < 4.78 is 12.8. The van der Waals surface area contributed by atoms with Crippen LogP contribution in [0.3, 0.4) is 0 Å². The minimum atomic E-state index is -0.794. The number of carbonyl (C=O) groups is 1. The van der Waals surface area contributed by atoms with Gasteiger partial charge in [0.1, 0.15) is 5.75 Å². The Morgan fingerprint density at radius 2 is 1.90 bits per heavy atom. The molecule has 8 atom stereocenters. The predicted molar refractivity (Wildman–Crippen MR) is 107 cm³/mol. The highest BCUT2D eigenvalue weighted by Gasteiger charge is 2.69. The molecule has 2 bridgehead atoms. The van der Waals surface area contributed by atoms with Crippen LogP contribution < -0.4 is 5.32 Å². The van der Waals surface area contributed by atoms with Crippen LogP contribution in [0.2, 0.25) is 0 Å². The number of fused-ring (bicyclic) bond motifs is 2. The molecule has 1 spiro atoms. The van der Waals surface area contributed by atoms with E-state index in [1.54, 1.807) is 12.1 Å². The number of hydrogen-bond donors (Lipinski definition) is 2. The number of phenols is 1. The van der Waals surface area contributed by atoms with Gasteiger partial charge >= 0.3 is 0 Å². The van der Waals surface area contributed by atoms with Gasteiger partial charge in [0.25, 0.3) is 5.91 Å². The molecule has 30 heavy (non-hydrogen) atoms. The Bertz CT molecular complexity index is 814. The van der Waals surface area contributed by atoms with E-state index in [9.17, 15) is 9.90 Å². The summed E-state index contributed by atoms with van der Waals surface area (Å²) in [6, 6.07) is 6.24. The molecule has 0 aromatic heterocycles. The molecule has 5 aliphatic rings. The molecule has 4 heterocycles. The maximum Gasteiger partial charge on any atom is 0.251 e. The van der Waals surface area contributed by atoms with Crippen molar-refractivity contribution >= 4 is 5.91 Å². The minimum absolute atomic E-state index is 0.137. The number of benzene rings is 1. The highest BCUT2D eigenvalue weighted by Crippen LogP contribution is 2.60. The summed E-state index contributed by atoms with van der Waals surface area (Å²) in [6.07, 6.45) is 3.30. The van der Waals surface area contributed by atoms with Gasteiger partial charge in [0.05, 0.1) is 6.10 Å². The molecular weight excluding hydrogens is 386 g/mol. The van der Waals surface area contributed by atoms with Gasteiger partial charge in [-0.25, -0.2) is 9.78 Å². The average molecular weight is 418 g/mol. The molecule has 1 aromatic rings. The first kappa shape index (κ1) is 20.2.